The minimum Gasteiger partial charge on any atom is -0.480 e. The van der Waals surface area contributed by atoms with Crippen LogP contribution in [0, 0.1) is 0 Å². The van der Waals surface area contributed by atoms with E-state index in [2.05, 4.69) is 9.98 Å². The summed E-state index contributed by atoms with van der Waals surface area (Å²) in [5, 5.41) is 18.7. The molecule has 0 spiro atoms. The number of Topliss-reactive ketones (excluding diaryl/α,β-unsaturated/α-hetero) is 2. The first-order valence-corrected chi connectivity index (χ1v) is 8.99. The van der Waals surface area contributed by atoms with Gasteiger partial charge in [0, 0.05) is 25.9 Å². The molecule has 0 bridgehead atoms. The van der Waals surface area contributed by atoms with Gasteiger partial charge >= 0.3 is 11.9 Å². The van der Waals surface area contributed by atoms with Crippen LogP contribution in [0.15, 0.2) is 9.98 Å². The third-order valence-electron chi connectivity index (χ3n) is 4.38. The van der Waals surface area contributed by atoms with Crippen molar-refractivity contribution in [1.29, 1.82) is 0 Å². The zero-order chi connectivity index (χ0) is 23.5. The molecule has 170 valence electrons. The van der Waals surface area contributed by atoms with Crippen molar-refractivity contribution >= 4 is 35.4 Å². The Labute approximate surface area is 172 Å². The number of nitrogens with zero attached hydrogens (tertiary/aromatic N) is 2. The number of rotatable bonds is 15. The van der Waals surface area contributed by atoms with Crippen molar-refractivity contribution in [1.82, 2.24) is 0 Å². The Bertz CT molecular complexity index is 657. The Morgan fingerprint density at radius 2 is 0.967 bits per heavy atom. The molecule has 14 N–H and O–H groups in total. The van der Waals surface area contributed by atoms with E-state index in [0.29, 0.717) is 0 Å². The van der Waals surface area contributed by atoms with Gasteiger partial charge in [-0.25, -0.2) is 9.59 Å². The number of carbonyl (C=O) groups is 4. The lowest BCUT2D eigenvalue weighted by Crippen LogP contribution is -2.57. The molecule has 14 nitrogen and oxygen atoms in total. The number of carbonyl (C=O) groups excluding carboxylic acids is 2. The first-order valence-electron chi connectivity index (χ1n) is 8.99. The standard InChI is InChI=1S/C16H30N8O6/c17-13(18)23-7-1-5-15(21,11(27)28)9(25)3-4-10(26)16(22,12(29)30)6-2-8-24-14(19)20/h1-8,21-22H2,(H,27,28)(H,29,30)(H4,17,18,23)(H4,19,20,24)/t15-,16-/m1/s1. The summed E-state index contributed by atoms with van der Waals surface area (Å²) in [4.78, 5) is 55.1. The van der Waals surface area contributed by atoms with E-state index in [1.807, 2.05) is 0 Å². The molecule has 0 amide bonds. The monoisotopic (exact) mass is 430 g/mol. The number of hydrogen-bond donors (Lipinski definition) is 8. The summed E-state index contributed by atoms with van der Waals surface area (Å²) in [6.07, 6.45) is -1.55. The van der Waals surface area contributed by atoms with Crippen LogP contribution in [0.4, 0.5) is 0 Å². The van der Waals surface area contributed by atoms with Gasteiger partial charge in [0.15, 0.2) is 34.6 Å². The Hall–Kier alpha value is -3.26. The van der Waals surface area contributed by atoms with Crippen molar-refractivity contribution in [3.63, 3.8) is 0 Å². The number of ketones is 2. The molecule has 30 heavy (non-hydrogen) atoms. The Balaban J connectivity index is 5.07. The van der Waals surface area contributed by atoms with Gasteiger partial charge in [-0.1, -0.05) is 0 Å². The van der Waals surface area contributed by atoms with Crippen LogP contribution < -0.4 is 34.4 Å². The summed E-state index contributed by atoms with van der Waals surface area (Å²) in [5.74, 6) is -5.45. The lowest BCUT2D eigenvalue weighted by Gasteiger charge is -2.25. The zero-order valence-corrected chi connectivity index (χ0v) is 16.5. The predicted octanol–water partition coefficient (Wildman–Crippen LogP) is -3.42. The Morgan fingerprint density at radius 3 is 1.20 bits per heavy atom. The highest BCUT2D eigenvalue weighted by atomic mass is 16.4. The third kappa shape index (κ3) is 8.00. The second kappa shape index (κ2) is 11.7. The van der Waals surface area contributed by atoms with E-state index in [9.17, 15) is 29.4 Å². The maximum atomic E-state index is 12.4. The third-order valence-corrected chi connectivity index (χ3v) is 4.38. The van der Waals surface area contributed by atoms with Crippen molar-refractivity contribution in [2.75, 3.05) is 13.1 Å². The summed E-state index contributed by atoms with van der Waals surface area (Å²) in [6, 6.07) is 0. The predicted molar refractivity (Wildman–Crippen MR) is 108 cm³/mol. The molecular formula is C16H30N8O6. The molecule has 0 aromatic carbocycles. The molecule has 0 aromatic heterocycles. The summed E-state index contributed by atoms with van der Waals surface area (Å²) in [5.41, 5.74) is 27.6. The second-order valence-electron chi connectivity index (χ2n) is 6.72. The van der Waals surface area contributed by atoms with Crippen molar-refractivity contribution < 1.29 is 29.4 Å². The molecule has 0 unspecified atom stereocenters. The van der Waals surface area contributed by atoms with Gasteiger partial charge in [-0.2, -0.15) is 0 Å². The average molecular weight is 430 g/mol. The van der Waals surface area contributed by atoms with Crippen LogP contribution in [0.25, 0.3) is 0 Å². The summed E-state index contributed by atoms with van der Waals surface area (Å²) >= 11 is 0. The number of aliphatic carboxylic acids is 2. The van der Waals surface area contributed by atoms with Gasteiger partial charge in [0.2, 0.25) is 0 Å². The van der Waals surface area contributed by atoms with Crippen molar-refractivity contribution in [3.05, 3.63) is 0 Å². The van der Waals surface area contributed by atoms with Crippen LogP contribution in [0.1, 0.15) is 38.5 Å². The van der Waals surface area contributed by atoms with Gasteiger partial charge in [0.25, 0.3) is 0 Å². The highest BCUT2D eigenvalue weighted by Gasteiger charge is 2.44. The van der Waals surface area contributed by atoms with Gasteiger partial charge in [0.1, 0.15) is 0 Å². The van der Waals surface area contributed by atoms with E-state index in [-0.39, 0.29) is 50.7 Å². The molecule has 2 atom stereocenters. The normalized spacial score (nSPS) is 14.6. The fourth-order valence-electron chi connectivity index (χ4n) is 2.54. The van der Waals surface area contributed by atoms with Crippen LogP contribution in [0.2, 0.25) is 0 Å². The molecule has 0 fully saturated rings. The zero-order valence-electron chi connectivity index (χ0n) is 16.5. The molecule has 0 radical (unpaired) electrons. The number of nitrogens with two attached hydrogens (primary N) is 6. The number of carboxylic acid groups (broad SMARTS) is 2. The fraction of sp³-hybridized carbons (Fsp3) is 0.625. The van der Waals surface area contributed by atoms with Crippen LogP contribution >= 0.6 is 0 Å². The van der Waals surface area contributed by atoms with Crippen molar-refractivity contribution in [3.8, 4) is 0 Å². The number of guanidine groups is 2. The SMILES string of the molecule is NC(N)=NCCC[C@](N)(C(=O)O)C(=O)CCC(=O)[C@](N)(CCCN=C(N)N)C(=O)O. The van der Waals surface area contributed by atoms with E-state index in [4.69, 9.17) is 34.4 Å². The van der Waals surface area contributed by atoms with E-state index < -0.39 is 47.4 Å². The largest absolute Gasteiger partial charge is 0.480 e. The molecule has 0 saturated heterocycles. The molecule has 0 aliphatic rings. The van der Waals surface area contributed by atoms with Gasteiger partial charge in [-0.05, 0) is 25.7 Å². The highest BCUT2D eigenvalue weighted by Crippen LogP contribution is 2.19. The van der Waals surface area contributed by atoms with Crippen molar-refractivity contribution in [2.45, 2.75) is 49.6 Å². The minimum atomic E-state index is -2.27. The van der Waals surface area contributed by atoms with E-state index in [1.165, 1.54) is 0 Å². The van der Waals surface area contributed by atoms with Gasteiger partial charge < -0.3 is 44.6 Å². The van der Waals surface area contributed by atoms with Crippen LogP contribution in [-0.4, -0.2) is 69.8 Å². The highest BCUT2D eigenvalue weighted by molar-refractivity contribution is 6.11. The molecule has 0 aliphatic heterocycles. The number of carboxylic acids is 2. The number of hydrogen-bond acceptors (Lipinski definition) is 8. The summed E-state index contributed by atoms with van der Waals surface area (Å²) < 4.78 is 0. The molecule has 0 aliphatic carbocycles. The molecule has 14 heteroatoms. The van der Waals surface area contributed by atoms with Crippen LogP contribution in [-0.2, 0) is 19.2 Å². The smallest absolute Gasteiger partial charge is 0.331 e. The Kier molecular flexibility index (Phi) is 10.4. The van der Waals surface area contributed by atoms with E-state index >= 15 is 0 Å². The number of aliphatic imine (C=N–C) groups is 2. The lowest BCUT2D eigenvalue weighted by molar-refractivity contribution is -0.152. The van der Waals surface area contributed by atoms with Crippen LogP contribution in [0.3, 0.4) is 0 Å². The average Bonchev–Trinajstić information content (AvgIpc) is 2.65. The molecule has 0 heterocycles. The summed E-state index contributed by atoms with van der Waals surface area (Å²) in [7, 11) is 0. The molecule has 0 rings (SSSR count). The second-order valence-corrected chi connectivity index (χ2v) is 6.72. The maximum absolute atomic E-state index is 12.4. The lowest BCUT2D eigenvalue weighted by atomic mass is 9.83. The first kappa shape index (κ1) is 26.7. The fourth-order valence-corrected chi connectivity index (χ4v) is 2.54. The first-order chi connectivity index (χ1) is 13.8. The Morgan fingerprint density at radius 1 is 0.667 bits per heavy atom. The van der Waals surface area contributed by atoms with Gasteiger partial charge in [-0.3, -0.25) is 19.6 Å². The van der Waals surface area contributed by atoms with Crippen molar-refractivity contribution in [2.24, 2.45) is 44.4 Å². The molecular weight excluding hydrogens is 400 g/mol. The summed E-state index contributed by atoms with van der Waals surface area (Å²) in [6.45, 7) is 0.114. The van der Waals surface area contributed by atoms with E-state index in [1.54, 1.807) is 0 Å². The van der Waals surface area contributed by atoms with Crippen LogP contribution in [0.5, 0.6) is 0 Å². The van der Waals surface area contributed by atoms with Gasteiger partial charge in [0.05, 0.1) is 0 Å². The minimum absolute atomic E-state index is 0.0570. The molecule has 0 aromatic rings. The quantitative estimate of drug-likeness (QED) is 0.0545. The molecule has 0 saturated carbocycles. The topological polar surface area (TPSA) is 290 Å². The maximum Gasteiger partial charge on any atom is 0.331 e. The van der Waals surface area contributed by atoms with E-state index in [0.717, 1.165) is 0 Å². The van der Waals surface area contributed by atoms with Gasteiger partial charge in [-0.15, -0.1) is 0 Å².